The number of aliphatic imine (C=N–C) groups is 1. The van der Waals surface area contributed by atoms with Gasteiger partial charge in [0.25, 0.3) is 0 Å². The van der Waals surface area contributed by atoms with E-state index in [0.29, 0.717) is 38.6 Å². The van der Waals surface area contributed by atoms with Crippen molar-refractivity contribution in [1.82, 2.24) is 20.1 Å². The maximum absolute atomic E-state index is 12.4. The van der Waals surface area contributed by atoms with Crippen molar-refractivity contribution < 1.29 is 13.2 Å². The highest BCUT2D eigenvalue weighted by Gasteiger charge is 2.34. The summed E-state index contributed by atoms with van der Waals surface area (Å²) >= 11 is 0. The summed E-state index contributed by atoms with van der Waals surface area (Å²) in [5, 5.41) is 6.34. The smallest absolute Gasteiger partial charge is 0.356 e. The van der Waals surface area contributed by atoms with Gasteiger partial charge in [0.1, 0.15) is 0 Å². The molecule has 0 bridgehead atoms. The Kier molecular flexibility index (Phi) is 7.50. The normalized spacial score (nSPS) is 18.9. The van der Waals surface area contributed by atoms with Crippen LogP contribution >= 0.6 is 0 Å². The zero-order valence-corrected chi connectivity index (χ0v) is 14.9. The Labute approximate surface area is 151 Å². The Bertz CT molecular complexity index is 644. The first kappa shape index (κ1) is 20.3. The van der Waals surface area contributed by atoms with Crippen molar-refractivity contribution in [2.75, 3.05) is 33.2 Å². The molecule has 0 saturated carbocycles. The lowest BCUT2D eigenvalue weighted by molar-refractivity contribution is -0.143. The molecule has 0 radical (unpaired) electrons. The summed E-state index contributed by atoms with van der Waals surface area (Å²) in [4.78, 5) is 17.1. The number of hydrogen-bond acceptors (Lipinski definition) is 3. The predicted octanol–water partition coefficient (Wildman–Crippen LogP) is 1.43. The maximum Gasteiger partial charge on any atom is 0.401 e. The second-order valence-electron chi connectivity index (χ2n) is 6.42. The minimum Gasteiger partial charge on any atom is -0.356 e. The van der Waals surface area contributed by atoms with Gasteiger partial charge in [-0.15, -0.1) is 0 Å². The van der Waals surface area contributed by atoms with E-state index in [0.717, 1.165) is 12.8 Å². The highest BCUT2D eigenvalue weighted by molar-refractivity contribution is 5.79. The molecule has 1 aromatic heterocycles. The number of hydrogen-bond donors (Lipinski definition) is 2. The van der Waals surface area contributed by atoms with Crippen LogP contribution in [0.4, 0.5) is 13.2 Å². The van der Waals surface area contributed by atoms with Crippen molar-refractivity contribution in [3.8, 4) is 0 Å². The van der Waals surface area contributed by atoms with Gasteiger partial charge >= 0.3 is 6.18 Å². The van der Waals surface area contributed by atoms with Crippen molar-refractivity contribution in [3.05, 3.63) is 34.7 Å². The molecule has 1 aliphatic rings. The zero-order valence-electron chi connectivity index (χ0n) is 14.9. The third kappa shape index (κ3) is 7.07. The molecule has 9 heteroatoms. The van der Waals surface area contributed by atoms with Gasteiger partial charge < -0.3 is 15.2 Å². The first-order valence-corrected chi connectivity index (χ1v) is 8.79. The van der Waals surface area contributed by atoms with Crippen molar-refractivity contribution in [2.24, 2.45) is 4.99 Å². The largest absolute Gasteiger partial charge is 0.401 e. The van der Waals surface area contributed by atoms with Crippen molar-refractivity contribution in [3.63, 3.8) is 0 Å². The summed E-state index contributed by atoms with van der Waals surface area (Å²) in [6.07, 6.45) is -0.0319. The number of guanidine groups is 1. The van der Waals surface area contributed by atoms with E-state index in [2.05, 4.69) is 15.6 Å². The van der Waals surface area contributed by atoms with Crippen LogP contribution < -0.4 is 16.2 Å². The van der Waals surface area contributed by atoms with Crippen LogP contribution in [0.2, 0.25) is 0 Å². The number of pyridine rings is 1. The highest BCUT2D eigenvalue weighted by atomic mass is 19.4. The molecule has 26 heavy (non-hydrogen) atoms. The van der Waals surface area contributed by atoms with Gasteiger partial charge in [-0.2, -0.15) is 13.2 Å². The minimum absolute atomic E-state index is 0.0115. The molecule has 1 atom stereocenters. The van der Waals surface area contributed by atoms with Crippen LogP contribution in [-0.4, -0.2) is 60.9 Å². The average Bonchev–Trinajstić information content (AvgIpc) is 3.00. The van der Waals surface area contributed by atoms with Gasteiger partial charge in [0, 0.05) is 51.5 Å². The van der Waals surface area contributed by atoms with Crippen LogP contribution in [0.25, 0.3) is 0 Å². The number of aryl methyl sites for hydroxylation is 1. The third-order valence-electron chi connectivity index (χ3n) is 4.26. The summed E-state index contributed by atoms with van der Waals surface area (Å²) in [5.41, 5.74) is -0.0115. The molecule has 146 valence electrons. The SMILES string of the molecule is CN=C(NCCCCn1ccccc1=O)NC1CCN(CC(F)(F)F)C1. The van der Waals surface area contributed by atoms with E-state index in [1.807, 2.05) is 6.07 Å². The first-order chi connectivity index (χ1) is 12.4. The monoisotopic (exact) mass is 373 g/mol. The van der Waals surface area contributed by atoms with Gasteiger partial charge in [-0.25, -0.2) is 0 Å². The van der Waals surface area contributed by atoms with Gasteiger partial charge in [-0.1, -0.05) is 6.07 Å². The van der Waals surface area contributed by atoms with Crippen LogP contribution in [0.3, 0.4) is 0 Å². The quantitative estimate of drug-likeness (QED) is 0.431. The number of nitrogens with one attached hydrogen (secondary N) is 2. The summed E-state index contributed by atoms with van der Waals surface area (Å²) in [5.74, 6) is 0.598. The Morgan fingerprint density at radius 1 is 1.35 bits per heavy atom. The predicted molar refractivity (Wildman–Crippen MR) is 95.3 cm³/mol. The molecule has 0 amide bonds. The molecule has 0 aliphatic carbocycles. The Hall–Kier alpha value is -2.03. The van der Waals surface area contributed by atoms with E-state index in [9.17, 15) is 18.0 Å². The van der Waals surface area contributed by atoms with E-state index in [1.54, 1.807) is 23.9 Å². The van der Waals surface area contributed by atoms with Crippen LogP contribution in [0.1, 0.15) is 19.3 Å². The lowest BCUT2D eigenvalue weighted by Crippen LogP contribution is -2.45. The number of aromatic nitrogens is 1. The second kappa shape index (κ2) is 9.61. The Morgan fingerprint density at radius 2 is 2.15 bits per heavy atom. The lowest BCUT2D eigenvalue weighted by Gasteiger charge is -2.19. The summed E-state index contributed by atoms with van der Waals surface area (Å²) in [6.45, 7) is 1.26. The van der Waals surface area contributed by atoms with E-state index in [4.69, 9.17) is 0 Å². The van der Waals surface area contributed by atoms with E-state index < -0.39 is 12.7 Å². The molecule has 2 rings (SSSR count). The lowest BCUT2D eigenvalue weighted by atomic mass is 10.2. The molecule has 6 nitrogen and oxygen atoms in total. The third-order valence-corrected chi connectivity index (χ3v) is 4.26. The second-order valence-corrected chi connectivity index (χ2v) is 6.42. The minimum atomic E-state index is -4.16. The molecule has 1 fully saturated rings. The summed E-state index contributed by atoms with van der Waals surface area (Å²) in [6, 6.07) is 5.05. The van der Waals surface area contributed by atoms with E-state index in [-0.39, 0.29) is 11.6 Å². The van der Waals surface area contributed by atoms with Gasteiger partial charge in [0.05, 0.1) is 6.54 Å². The molecule has 0 spiro atoms. The Balaban J connectivity index is 1.64. The fourth-order valence-electron chi connectivity index (χ4n) is 2.99. The maximum atomic E-state index is 12.4. The highest BCUT2D eigenvalue weighted by Crippen LogP contribution is 2.19. The van der Waals surface area contributed by atoms with Gasteiger partial charge in [-0.05, 0) is 25.3 Å². The fraction of sp³-hybridized carbons (Fsp3) is 0.647. The average molecular weight is 373 g/mol. The molecule has 0 aromatic carbocycles. The molecular formula is C17H26F3N5O. The van der Waals surface area contributed by atoms with Gasteiger partial charge in [0.2, 0.25) is 5.56 Å². The molecule has 1 unspecified atom stereocenters. The number of halogens is 3. The molecule has 1 aliphatic heterocycles. The van der Waals surface area contributed by atoms with Crippen LogP contribution in [-0.2, 0) is 6.54 Å². The van der Waals surface area contributed by atoms with Crippen LogP contribution in [0, 0.1) is 0 Å². The fourth-order valence-corrected chi connectivity index (χ4v) is 2.99. The van der Waals surface area contributed by atoms with Crippen LogP contribution in [0.15, 0.2) is 34.2 Å². The molecule has 2 N–H and O–H groups in total. The molecule has 2 heterocycles. The summed E-state index contributed by atoms with van der Waals surface area (Å²) in [7, 11) is 1.64. The number of rotatable bonds is 7. The zero-order chi connectivity index (χ0) is 19.0. The van der Waals surface area contributed by atoms with E-state index in [1.165, 1.54) is 11.0 Å². The molecule has 1 saturated heterocycles. The number of alkyl halides is 3. The van der Waals surface area contributed by atoms with Gasteiger partial charge in [-0.3, -0.25) is 14.7 Å². The van der Waals surface area contributed by atoms with Gasteiger partial charge in [0.15, 0.2) is 5.96 Å². The standard InChI is InChI=1S/C17H26F3N5O/c1-21-16(23-14-7-11-24(12-14)13-17(18,19)20)22-8-3-5-10-25-9-4-2-6-15(25)26/h2,4,6,9,14H,3,5,7-8,10-13H2,1H3,(H2,21,22,23). The number of likely N-dealkylation sites (tertiary alicyclic amines) is 1. The molecular weight excluding hydrogens is 347 g/mol. The van der Waals surface area contributed by atoms with E-state index >= 15 is 0 Å². The van der Waals surface area contributed by atoms with Crippen LogP contribution in [0.5, 0.6) is 0 Å². The van der Waals surface area contributed by atoms with Crippen molar-refractivity contribution in [1.29, 1.82) is 0 Å². The topological polar surface area (TPSA) is 61.7 Å². The molecule has 1 aromatic rings. The Morgan fingerprint density at radius 3 is 2.85 bits per heavy atom. The number of unbranched alkanes of at least 4 members (excludes halogenated alkanes) is 1. The first-order valence-electron chi connectivity index (χ1n) is 8.79. The summed E-state index contributed by atoms with van der Waals surface area (Å²) < 4.78 is 39.0. The van der Waals surface area contributed by atoms with Crippen molar-refractivity contribution >= 4 is 5.96 Å². The van der Waals surface area contributed by atoms with Crippen molar-refractivity contribution in [2.45, 2.75) is 38.0 Å². The number of nitrogens with zero attached hydrogens (tertiary/aromatic N) is 3.